The van der Waals surface area contributed by atoms with Gasteiger partial charge in [0.25, 0.3) is 0 Å². The van der Waals surface area contributed by atoms with Crippen LogP contribution in [-0.4, -0.2) is 23.9 Å². The fourth-order valence-electron chi connectivity index (χ4n) is 2.53. The van der Waals surface area contributed by atoms with Crippen molar-refractivity contribution in [3.8, 4) is 0 Å². The molecule has 0 aromatic rings. The van der Waals surface area contributed by atoms with Crippen LogP contribution in [0.25, 0.3) is 0 Å². The lowest BCUT2D eigenvalue weighted by Gasteiger charge is -1.96. The van der Waals surface area contributed by atoms with Gasteiger partial charge in [-0.25, -0.2) is 0 Å². The zero-order chi connectivity index (χ0) is 9.97. The van der Waals surface area contributed by atoms with E-state index in [4.69, 9.17) is 9.84 Å². The minimum atomic E-state index is 0.375. The monoisotopic (exact) mass is 198 g/mol. The van der Waals surface area contributed by atoms with Crippen LogP contribution in [0.1, 0.15) is 45.4 Å². The van der Waals surface area contributed by atoms with Gasteiger partial charge in [-0.15, -0.1) is 0 Å². The number of hydrogen-bond acceptors (Lipinski definition) is 2. The maximum absolute atomic E-state index is 8.77. The minimum Gasteiger partial charge on any atom is -0.396 e. The summed E-state index contributed by atoms with van der Waals surface area (Å²) in [6.07, 6.45) is 8.64. The first kappa shape index (κ1) is 10.4. The maximum Gasteiger partial charge on any atom is 0.0842 e. The summed E-state index contributed by atoms with van der Waals surface area (Å²) in [5.41, 5.74) is 0. The van der Waals surface area contributed by atoms with E-state index in [2.05, 4.69) is 6.92 Å². The third-order valence-electron chi connectivity index (χ3n) is 3.65. The smallest absolute Gasteiger partial charge is 0.0842 e. The van der Waals surface area contributed by atoms with Crippen LogP contribution in [0.3, 0.4) is 0 Å². The van der Waals surface area contributed by atoms with Crippen molar-refractivity contribution in [3.05, 3.63) is 0 Å². The highest BCUT2D eigenvalue weighted by Crippen LogP contribution is 2.46. The summed E-state index contributed by atoms with van der Waals surface area (Å²) in [6.45, 7) is 2.59. The van der Waals surface area contributed by atoms with Gasteiger partial charge in [0.05, 0.1) is 12.2 Å². The van der Waals surface area contributed by atoms with Crippen molar-refractivity contribution in [1.82, 2.24) is 0 Å². The molecule has 0 amide bonds. The van der Waals surface area contributed by atoms with Gasteiger partial charge >= 0.3 is 0 Å². The van der Waals surface area contributed by atoms with E-state index in [9.17, 15) is 0 Å². The first-order valence-electron chi connectivity index (χ1n) is 6.11. The number of rotatable bonds is 7. The number of ether oxygens (including phenoxy) is 1. The van der Waals surface area contributed by atoms with Crippen molar-refractivity contribution in [3.63, 3.8) is 0 Å². The second-order valence-electron chi connectivity index (χ2n) is 4.85. The quantitative estimate of drug-likeness (QED) is 0.637. The summed E-state index contributed by atoms with van der Waals surface area (Å²) in [4.78, 5) is 0. The Morgan fingerprint density at radius 3 is 2.50 bits per heavy atom. The predicted octanol–water partition coefficient (Wildman–Crippen LogP) is 2.35. The van der Waals surface area contributed by atoms with E-state index < -0.39 is 0 Å². The first-order valence-corrected chi connectivity index (χ1v) is 6.11. The highest BCUT2D eigenvalue weighted by Gasteiger charge is 2.41. The summed E-state index contributed by atoms with van der Waals surface area (Å²) in [5.74, 6) is 1.75. The van der Waals surface area contributed by atoms with Crippen LogP contribution < -0.4 is 0 Å². The molecular formula is C12H22O2. The van der Waals surface area contributed by atoms with Crippen molar-refractivity contribution in [2.75, 3.05) is 6.61 Å². The Morgan fingerprint density at radius 1 is 1.07 bits per heavy atom. The number of hydrogen-bond donors (Lipinski definition) is 1. The van der Waals surface area contributed by atoms with E-state index in [1.807, 2.05) is 0 Å². The Labute approximate surface area is 86.6 Å². The molecule has 14 heavy (non-hydrogen) atoms. The number of epoxide rings is 1. The van der Waals surface area contributed by atoms with E-state index >= 15 is 0 Å². The molecule has 0 spiro atoms. The molecule has 1 aliphatic carbocycles. The molecule has 1 N–H and O–H groups in total. The molecule has 2 heteroatoms. The average Bonchev–Trinajstić information content (AvgIpc) is 3.02. The highest BCUT2D eigenvalue weighted by atomic mass is 16.6. The van der Waals surface area contributed by atoms with Crippen LogP contribution in [0.2, 0.25) is 0 Å². The first-order chi connectivity index (χ1) is 6.85. The van der Waals surface area contributed by atoms with E-state index in [-0.39, 0.29) is 0 Å². The molecule has 2 nitrogen and oxygen atoms in total. The summed E-state index contributed by atoms with van der Waals surface area (Å²) < 4.78 is 5.58. The number of aliphatic hydroxyl groups is 1. The van der Waals surface area contributed by atoms with E-state index in [0.717, 1.165) is 18.3 Å². The maximum atomic E-state index is 8.77. The Hall–Kier alpha value is -0.0800. The van der Waals surface area contributed by atoms with E-state index in [1.54, 1.807) is 0 Å². The largest absolute Gasteiger partial charge is 0.396 e. The van der Waals surface area contributed by atoms with Gasteiger partial charge in [-0.2, -0.15) is 0 Å². The number of aliphatic hydroxyl groups excluding tert-OH is 1. The fourth-order valence-corrected chi connectivity index (χ4v) is 2.53. The zero-order valence-corrected chi connectivity index (χ0v) is 9.11. The molecule has 2 aliphatic rings. The van der Waals surface area contributed by atoms with Crippen molar-refractivity contribution in [2.24, 2.45) is 11.8 Å². The summed E-state index contributed by atoms with van der Waals surface area (Å²) in [7, 11) is 0. The third kappa shape index (κ3) is 2.71. The molecule has 1 saturated heterocycles. The second-order valence-corrected chi connectivity index (χ2v) is 4.85. The molecular weight excluding hydrogens is 176 g/mol. The molecule has 1 heterocycles. The van der Waals surface area contributed by atoms with Crippen LogP contribution >= 0.6 is 0 Å². The summed E-state index contributed by atoms with van der Waals surface area (Å²) >= 11 is 0. The molecule has 0 aromatic carbocycles. The van der Waals surface area contributed by atoms with Crippen LogP contribution in [0.4, 0.5) is 0 Å². The molecule has 2 fully saturated rings. The normalized spacial score (nSPS) is 39.9. The Morgan fingerprint density at radius 2 is 1.79 bits per heavy atom. The van der Waals surface area contributed by atoms with Crippen molar-refractivity contribution < 1.29 is 9.84 Å². The zero-order valence-electron chi connectivity index (χ0n) is 9.11. The highest BCUT2D eigenvalue weighted by molar-refractivity contribution is 4.90. The van der Waals surface area contributed by atoms with Gasteiger partial charge in [-0.1, -0.05) is 13.3 Å². The van der Waals surface area contributed by atoms with Gasteiger partial charge in [0, 0.05) is 6.61 Å². The van der Waals surface area contributed by atoms with Crippen LogP contribution in [0.5, 0.6) is 0 Å². The molecule has 82 valence electrons. The van der Waals surface area contributed by atoms with Gasteiger partial charge in [0.2, 0.25) is 0 Å². The molecule has 4 atom stereocenters. The van der Waals surface area contributed by atoms with Crippen LogP contribution in [0, 0.1) is 11.8 Å². The molecule has 0 bridgehead atoms. The summed E-state index contributed by atoms with van der Waals surface area (Å²) in [6, 6.07) is 0. The van der Waals surface area contributed by atoms with Gasteiger partial charge < -0.3 is 9.84 Å². The van der Waals surface area contributed by atoms with Crippen molar-refractivity contribution in [2.45, 2.75) is 57.7 Å². The lowest BCUT2D eigenvalue weighted by Crippen LogP contribution is -1.95. The molecule has 1 aliphatic heterocycles. The van der Waals surface area contributed by atoms with Gasteiger partial charge in [-0.3, -0.25) is 0 Å². The van der Waals surface area contributed by atoms with Crippen molar-refractivity contribution >= 4 is 0 Å². The standard InChI is InChI=1S/C12H22O2/c1-2-3-11-12(14-11)5-4-9-8-10(9)6-7-13/h9-13H,2-8H2,1H3. The van der Waals surface area contributed by atoms with Crippen LogP contribution in [0.15, 0.2) is 0 Å². The molecule has 2 rings (SSSR count). The minimum absolute atomic E-state index is 0.375. The average molecular weight is 198 g/mol. The predicted molar refractivity (Wildman–Crippen MR) is 56.1 cm³/mol. The molecule has 1 saturated carbocycles. The third-order valence-corrected chi connectivity index (χ3v) is 3.65. The van der Waals surface area contributed by atoms with Gasteiger partial charge in [0.15, 0.2) is 0 Å². The fraction of sp³-hybridized carbons (Fsp3) is 1.00. The lowest BCUT2D eigenvalue weighted by molar-refractivity contribution is 0.275. The molecule has 4 unspecified atom stereocenters. The Kier molecular flexibility index (Phi) is 3.45. The lowest BCUT2D eigenvalue weighted by atomic mass is 10.1. The van der Waals surface area contributed by atoms with E-state index in [0.29, 0.717) is 18.8 Å². The second kappa shape index (κ2) is 4.63. The molecule has 0 aromatic heterocycles. The van der Waals surface area contributed by atoms with Gasteiger partial charge in [-0.05, 0) is 43.9 Å². The van der Waals surface area contributed by atoms with E-state index in [1.165, 1.54) is 32.1 Å². The SMILES string of the molecule is CCCC1OC1CCC1CC1CCO. The Bertz CT molecular complexity index is 161. The Balaban J connectivity index is 1.49. The van der Waals surface area contributed by atoms with Gasteiger partial charge in [0.1, 0.15) is 0 Å². The van der Waals surface area contributed by atoms with Crippen molar-refractivity contribution in [1.29, 1.82) is 0 Å². The topological polar surface area (TPSA) is 32.8 Å². The summed E-state index contributed by atoms with van der Waals surface area (Å²) in [5, 5.41) is 8.77. The molecule has 0 radical (unpaired) electrons. The van der Waals surface area contributed by atoms with Crippen LogP contribution in [-0.2, 0) is 4.74 Å².